The minimum atomic E-state index is -0.293. The Bertz CT molecular complexity index is 784. The molecule has 2 aliphatic heterocycles. The van der Waals surface area contributed by atoms with Crippen molar-refractivity contribution in [3.63, 3.8) is 0 Å². The number of amides is 1. The molecule has 134 valence electrons. The Balaban J connectivity index is 1.39. The van der Waals surface area contributed by atoms with Gasteiger partial charge in [-0.05, 0) is 37.3 Å². The lowest BCUT2D eigenvalue weighted by atomic mass is 9.87. The number of likely N-dealkylation sites (tertiary alicyclic amines) is 1. The van der Waals surface area contributed by atoms with Crippen molar-refractivity contribution in [2.75, 3.05) is 19.7 Å². The van der Waals surface area contributed by atoms with E-state index in [4.69, 9.17) is 9.47 Å². The van der Waals surface area contributed by atoms with Crippen LogP contribution in [0.15, 0.2) is 48.5 Å². The molecule has 2 aromatic carbocycles. The second-order valence-corrected chi connectivity index (χ2v) is 7.58. The second-order valence-electron chi connectivity index (χ2n) is 7.58. The van der Waals surface area contributed by atoms with Gasteiger partial charge in [-0.1, -0.05) is 36.4 Å². The third kappa shape index (κ3) is 2.88. The van der Waals surface area contributed by atoms with Gasteiger partial charge < -0.3 is 14.4 Å². The average Bonchev–Trinajstić information content (AvgIpc) is 3.39. The van der Waals surface area contributed by atoms with Gasteiger partial charge in [0.1, 0.15) is 11.5 Å². The van der Waals surface area contributed by atoms with E-state index in [0.29, 0.717) is 6.54 Å². The number of nitrogens with zero attached hydrogens (tertiary/aromatic N) is 1. The van der Waals surface area contributed by atoms with Crippen LogP contribution in [0.1, 0.15) is 36.3 Å². The number of benzene rings is 2. The molecule has 1 saturated heterocycles. The van der Waals surface area contributed by atoms with Gasteiger partial charge in [-0.15, -0.1) is 0 Å². The zero-order chi connectivity index (χ0) is 17.5. The molecule has 1 unspecified atom stereocenters. The van der Waals surface area contributed by atoms with Crippen LogP contribution in [0.4, 0.5) is 0 Å². The lowest BCUT2D eigenvalue weighted by molar-refractivity contribution is -0.131. The number of hydrogen-bond donors (Lipinski definition) is 0. The molecule has 1 amide bonds. The third-order valence-electron chi connectivity index (χ3n) is 5.65. The summed E-state index contributed by atoms with van der Waals surface area (Å²) in [6.45, 7) is 2.33. The highest BCUT2D eigenvalue weighted by atomic mass is 16.5. The van der Waals surface area contributed by atoms with Gasteiger partial charge in [-0.2, -0.15) is 0 Å². The largest absolute Gasteiger partial charge is 0.457 e. The van der Waals surface area contributed by atoms with E-state index < -0.39 is 0 Å². The summed E-state index contributed by atoms with van der Waals surface area (Å²) in [4.78, 5) is 15.4. The standard InChI is InChI=1S/C22H23NO3/c24-22(23-12-11-16(13-23)25-14-15-9-10-15)21-17-5-1-3-7-19(17)26-20-8-4-2-6-18(20)21/h1-8,15-16,21H,9-14H2. The Labute approximate surface area is 153 Å². The summed E-state index contributed by atoms with van der Waals surface area (Å²) < 4.78 is 12.0. The molecule has 2 fully saturated rings. The number of hydrogen-bond acceptors (Lipinski definition) is 3. The van der Waals surface area contributed by atoms with Crippen LogP contribution in [0.2, 0.25) is 0 Å². The number of carbonyl (C=O) groups is 1. The van der Waals surface area contributed by atoms with E-state index in [1.54, 1.807) is 0 Å². The molecule has 4 nitrogen and oxygen atoms in total. The molecule has 1 atom stereocenters. The summed E-state index contributed by atoms with van der Waals surface area (Å²) in [5, 5.41) is 0. The number of para-hydroxylation sites is 2. The quantitative estimate of drug-likeness (QED) is 0.839. The highest BCUT2D eigenvalue weighted by molar-refractivity contribution is 5.90. The van der Waals surface area contributed by atoms with Crippen LogP contribution in [0, 0.1) is 5.92 Å². The fourth-order valence-corrected chi connectivity index (χ4v) is 3.98. The van der Waals surface area contributed by atoms with Crippen molar-refractivity contribution in [1.82, 2.24) is 4.90 Å². The van der Waals surface area contributed by atoms with Crippen molar-refractivity contribution in [2.45, 2.75) is 31.3 Å². The fraction of sp³-hybridized carbons (Fsp3) is 0.409. The molecule has 0 aromatic heterocycles. The predicted molar refractivity (Wildman–Crippen MR) is 98.5 cm³/mol. The van der Waals surface area contributed by atoms with Crippen molar-refractivity contribution in [3.05, 3.63) is 59.7 Å². The summed E-state index contributed by atoms with van der Waals surface area (Å²) >= 11 is 0. The van der Waals surface area contributed by atoms with E-state index in [0.717, 1.165) is 48.1 Å². The van der Waals surface area contributed by atoms with Crippen molar-refractivity contribution < 1.29 is 14.3 Å². The maximum atomic E-state index is 13.4. The van der Waals surface area contributed by atoms with Gasteiger partial charge in [0.2, 0.25) is 5.91 Å². The molecule has 4 heteroatoms. The normalized spacial score (nSPS) is 21.8. The first-order chi connectivity index (χ1) is 12.8. The molecule has 3 aliphatic rings. The van der Waals surface area contributed by atoms with Crippen LogP contribution >= 0.6 is 0 Å². The first kappa shape index (κ1) is 15.9. The number of rotatable bonds is 4. The first-order valence-electron chi connectivity index (χ1n) is 9.55. The molecule has 0 bridgehead atoms. The third-order valence-corrected chi connectivity index (χ3v) is 5.65. The Kier molecular flexibility index (Phi) is 3.93. The van der Waals surface area contributed by atoms with E-state index in [1.165, 1.54) is 12.8 Å². The lowest BCUT2D eigenvalue weighted by Crippen LogP contribution is -2.35. The van der Waals surface area contributed by atoms with E-state index in [-0.39, 0.29) is 17.9 Å². The van der Waals surface area contributed by atoms with E-state index >= 15 is 0 Å². The topological polar surface area (TPSA) is 38.8 Å². The van der Waals surface area contributed by atoms with Gasteiger partial charge in [-0.3, -0.25) is 4.79 Å². The van der Waals surface area contributed by atoms with Gasteiger partial charge in [-0.25, -0.2) is 0 Å². The molecule has 2 heterocycles. The Morgan fingerprint density at radius 2 is 1.65 bits per heavy atom. The molecule has 0 spiro atoms. The van der Waals surface area contributed by atoms with Gasteiger partial charge in [0.05, 0.1) is 12.0 Å². The average molecular weight is 349 g/mol. The van der Waals surface area contributed by atoms with Crippen molar-refractivity contribution >= 4 is 5.91 Å². The number of fused-ring (bicyclic) bond motifs is 2. The summed E-state index contributed by atoms with van der Waals surface area (Å²) in [5.41, 5.74) is 1.91. The number of ether oxygens (including phenoxy) is 2. The molecule has 5 rings (SSSR count). The minimum absolute atomic E-state index is 0.158. The maximum Gasteiger partial charge on any atom is 0.234 e. The van der Waals surface area contributed by atoms with Crippen molar-refractivity contribution in [3.8, 4) is 11.5 Å². The van der Waals surface area contributed by atoms with Gasteiger partial charge >= 0.3 is 0 Å². The van der Waals surface area contributed by atoms with E-state index in [9.17, 15) is 4.79 Å². The number of carbonyl (C=O) groups excluding carboxylic acids is 1. The van der Waals surface area contributed by atoms with E-state index in [2.05, 4.69) is 0 Å². The molecule has 0 N–H and O–H groups in total. The Morgan fingerprint density at radius 3 is 2.31 bits per heavy atom. The van der Waals surface area contributed by atoms with Crippen LogP contribution in [0.25, 0.3) is 0 Å². The van der Waals surface area contributed by atoms with Crippen molar-refractivity contribution in [2.24, 2.45) is 5.92 Å². The van der Waals surface area contributed by atoms with Crippen LogP contribution in [0.3, 0.4) is 0 Å². The maximum absolute atomic E-state index is 13.4. The molecule has 0 radical (unpaired) electrons. The highest BCUT2D eigenvalue weighted by Gasteiger charge is 2.38. The zero-order valence-electron chi connectivity index (χ0n) is 14.8. The molecular weight excluding hydrogens is 326 g/mol. The minimum Gasteiger partial charge on any atom is -0.457 e. The van der Waals surface area contributed by atoms with Gasteiger partial charge in [0.25, 0.3) is 0 Å². The second kappa shape index (κ2) is 6.44. The fourth-order valence-electron chi connectivity index (χ4n) is 3.98. The smallest absolute Gasteiger partial charge is 0.234 e. The lowest BCUT2D eigenvalue weighted by Gasteiger charge is -2.30. The first-order valence-corrected chi connectivity index (χ1v) is 9.55. The Morgan fingerprint density at radius 1 is 1.00 bits per heavy atom. The molecular formula is C22H23NO3. The van der Waals surface area contributed by atoms with Crippen LogP contribution in [-0.2, 0) is 9.53 Å². The monoisotopic (exact) mass is 349 g/mol. The van der Waals surface area contributed by atoms with Gasteiger partial charge in [0, 0.05) is 30.8 Å². The van der Waals surface area contributed by atoms with Crippen molar-refractivity contribution in [1.29, 1.82) is 0 Å². The molecule has 1 aliphatic carbocycles. The summed E-state index contributed by atoms with van der Waals surface area (Å²) in [7, 11) is 0. The molecule has 26 heavy (non-hydrogen) atoms. The summed E-state index contributed by atoms with van der Waals surface area (Å²) in [5.74, 6) is 2.19. The molecule has 1 saturated carbocycles. The predicted octanol–water partition coefficient (Wildman–Crippen LogP) is 3.95. The van der Waals surface area contributed by atoms with E-state index in [1.807, 2.05) is 53.4 Å². The SMILES string of the molecule is O=C(C1c2ccccc2Oc2ccccc21)N1CCC(OCC2CC2)C1. The zero-order valence-corrected chi connectivity index (χ0v) is 14.8. The van der Waals surface area contributed by atoms with Gasteiger partial charge in [0.15, 0.2) is 0 Å². The Hall–Kier alpha value is -2.33. The highest BCUT2D eigenvalue weighted by Crippen LogP contribution is 2.45. The van der Waals surface area contributed by atoms with Crippen LogP contribution in [-0.4, -0.2) is 36.6 Å². The van der Waals surface area contributed by atoms with Crippen LogP contribution < -0.4 is 4.74 Å². The van der Waals surface area contributed by atoms with Crippen LogP contribution in [0.5, 0.6) is 11.5 Å². The summed E-state index contributed by atoms with van der Waals surface area (Å²) in [6, 6.07) is 15.7. The molecule has 2 aromatic rings. The summed E-state index contributed by atoms with van der Waals surface area (Å²) in [6.07, 6.45) is 3.71.